The fourth-order valence-electron chi connectivity index (χ4n) is 1.70. The minimum absolute atomic E-state index is 0.156. The van der Waals surface area contributed by atoms with Crippen LogP contribution in [-0.4, -0.2) is 20.9 Å². The number of halogens is 1. The number of hydrogen-bond donors (Lipinski definition) is 1. The van der Waals surface area contributed by atoms with Crippen LogP contribution in [0.25, 0.3) is 11.0 Å². The van der Waals surface area contributed by atoms with Gasteiger partial charge in [0, 0.05) is 5.38 Å². The first-order chi connectivity index (χ1) is 9.63. The number of amides is 1. The van der Waals surface area contributed by atoms with Crippen LogP contribution in [0, 0.1) is 6.92 Å². The van der Waals surface area contributed by atoms with E-state index in [-0.39, 0.29) is 16.9 Å². The minimum atomic E-state index is -0.346. The molecule has 7 heteroatoms. The van der Waals surface area contributed by atoms with Crippen LogP contribution in [0.1, 0.15) is 15.5 Å². The number of aromatic nitrogens is 3. The lowest BCUT2D eigenvalue weighted by molar-refractivity contribution is 0.102. The van der Waals surface area contributed by atoms with Crippen molar-refractivity contribution in [2.24, 2.45) is 0 Å². The molecule has 2 heterocycles. The maximum absolute atomic E-state index is 12.0. The lowest BCUT2D eigenvalue weighted by Gasteiger charge is -2.05. The Morgan fingerprint density at radius 3 is 2.55 bits per heavy atom. The summed E-state index contributed by atoms with van der Waals surface area (Å²) >= 11 is 7.44. The number of fused-ring (bicyclic) bond motifs is 1. The molecule has 2 aromatic heterocycles. The third-order valence-electron chi connectivity index (χ3n) is 2.61. The molecule has 0 aliphatic rings. The summed E-state index contributed by atoms with van der Waals surface area (Å²) in [4.78, 5) is 24.6. The van der Waals surface area contributed by atoms with Crippen molar-refractivity contribution in [3.63, 3.8) is 0 Å². The predicted molar refractivity (Wildman–Crippen MR) is 79.4 cm³/mol. The van der Waals surface area contributed by atoms with E-state index >= 15 is 0 Å². The van der Waals surface area contributed by atoms with Gasteiger partial charge in [-0.1, -0.05) is 23.7 Å². The molecule has 0 atom stereocenters. The van der Waals surface area contributed by atoms with Crippen LogP contribution < -0.4 is 5.32 Å². The molecule has 1 N–H and O–H groups in total. The van der Waals surface area contributed by atoms with E-state index in [9.17, 15) is 4.79 Å². The van der Waals surface area contributed by atoms with Crippen LogP contribution in [0.3, 0.4) is 0 Å². The first-order valence-corrected chi connectivity index (χ1v) is 7.05. The van der Waals surface area contributed by atoms with Crippen LogP contribution in [0.5, 0.6) is 0 Å². The zero-order chi connectivity index (χ0) is 14.1. The van der Waals surface area contributed by atoms with Crippen molar-refractivity contribution in [2.45, 2.75) is 6.92 Å². The Labute approximate surface area is 123 Å². The van der Waals surface area contributed by atoms with Gasteiger partial charge in [-0.25, -0.2) is 15.0 Å². The molecule has 20 heavy (non-hydrogen) atoms. The molecule has 3 rings (SSSR count). The minimum Gasteiger partial charge on any atom is -0.303 e. The molecule has 0 unspecified atom stereocenters. The standard InChI is InChI=1S/C13H9ClN4OS/c1-7-15-10(6-20-7)13(19)18-12-11(14)16-8-4-2-3-5-9(8)17-12/h2-6H,1H3,(H,17,18,19). The summed E-state index contributed by atoms with van der Waals surface area (Å²) in [5.74, 6) is -0.109. The molecule has 0 aliphatic carbocycles. The largest absolute Gasteiger partial charge is 0.303 e. The SMILES string of the molecule is Cc1nc(C(=O)Nc2nc3ccccc3nc2Cl)cs1. The van der Waals surface area contributed by atoms with Gasteiger partial charge in [0.2, 0.25) is 0 Å². The normalized spacial score (nSPS) is 10.7. The van der Waals surface area contributed by atoms with Gasteiger partial charge in [-0.2, -0.15) is 0 Å². The topological polar surface area (TPSA) is 67.8 Å². The molecule has 0 fully saturated rings. The highest BCUT2D eigenvalue weighted by Crippen LogP contribution is 2.21. The Bertz CT molecular complexity index is 802. The van der Waals surface area contributed by atoms with Crippen LogP contribution in [-0.2, 0) is 0 Å². The molecule has 0 saturated carbocycles. The average Bonchev–Trinajstić information content (AvgIpc) is 2.86. The molecule has 1 amide bonds. The summed E-state index contributed by atoms with van der Waals surface area (Å²) in [6.45, 7) is 1.84. The van der Waals surface area contributed by atoms with Gasteiger partial charge >= 0.3 is 0 Å². The third-order valence-corrected chi connectivity index (χ3v) is 3.65. The number of benzene rings is 1. The molecule has 100 valence electrons. The highest BCUT2D eigenvalue weighted by molar-refractivity contribution is 7.09. The van der Waals surface area contributed by atoms with Gasteiger partial charge in [0.15, 0.2) is 11.0 Å². The molecular formula is C13H9ClN4OS. The van der Waals surface area contributed by atoms with Crippen LogP contribution in [0.15, 0.2) is 29.6 Å². The van der Waals surface area contributed by atoms with E-state index in [1.54, 1.807) is 11.4 Å². The first-order valence-electron chi connectivity index (χ1n) is 5.79. The number of para-hydroxylation sites is 2. The maximum atomic E-state index is 12.0. The second kappa shape index (κ2) is 5.15. The van der Waals surface area contributed by atoms with E-state index in [1.807, 2.05) is 25.1 Å². The quantitative estimate of drug-likeness (QED) is 0.788. The van der Waals surface area contributed by atoms with Gasteiger partial charge in [-0.05, 0) is 19.1 Å². The summed E-state index contributed by atoms with van der Waals surface area (Å²) in [7, 11) is 0. The number of anilines is 1. The van der Waals surface area contributed by atoms with Crippen LogP contribution in [0.2, 0.25) is 5.15 Å². The summed E-state index contributed by atoms with van der Waals surface area (Å²) in [6.07, 6.45) is 0. The van der Waals surface area contributed by atoms with E-state index in [4.69, 9.17) is 11.6 Å². The number of nitrogens with zero attached hydrogens (tertiary/aromatic N) is 3. The molecule has 0 radical (unpaired) electrons. The molecular weight excluding hydrogens is 296 g/mol. The average molecular weight is 305 g/mol. The molecule has 0 bridgehead atoms. The van der Waals surface area contributed by atoms with E-state index in [0.29, 0.717) is 16.7 Å². The lowest BCUT2D eigenvalue weighted by Crippen LogP contribution is -2.14. The Balaban J connectivity index is 1.94. The van der Waals surface area contributed by atoms with Crippen LogP contribution in [0.4, 0.5) is 5.82 Å². The Morgan fingerprint density at radius 2 is 1.90 bits per heavy atom. The second-order valence-electron chi connectivity index (χ2n) is 4.06. The first kappa shape index (κ1) is 13.0. The number of thiazole rings is 1. The van der Waals surface area contributed by atoms with Crippen molar-refractivity contribution in [2.75, 3.05) is 5.32 Å². The molecule has 1 aromatic carbocycles. The number of rotatable bonds is 2. The van der Waals surface area contributed by atoms with Crippen LogP contribution >= 0.6 is 22.9 Å². The zero-order valence-electron chi connectivity index (χ0n) is 10.4. The van der Waals surface area contributed by atoms with Gasteiger partial charge in [-0.15, -0.1) is 11.3 Å². The van der Waals surface area contributed by atoms with Crippen molar-refractivity contribution >= 4 is 45.7 Å². The molecule has 0 aliphatic heterocycles. The van der Waals surface area contributed by atoms with E-state index in [0.717, 1.165) is 5.01 Å². The smallest absolute Gasteiger partial charge is 0.276 e. The Hall–Kier alpha value is -2.05. The summed E-state index contributed by atoms with van der Waals surface area (Å²) in [6, 6.07) is 7.31. The van der Waals surface area contributed by atoms with Gasteiger partial charge in [0.05, 0.1) is 16.0 Å². The van der Waals surface area contributed by atoms with E-state index in [1.165, 1.54) is 11.3 Å². The highest BCUT2D eigenvalue weighted by Gasteiger charge is 2.14. The third kappa shape index (κ3) is 2.48. The zero-order valence-corrected chi connectivity index (χ0v) is 12.0. The number of aryl methyl sites for hydroxylation is 1. The summed E-state index contributed by atoms with van der Waals surface area (Å²) in [5.41, 5.74) is 1.69. The van der Waals surface area contributed by atoms with Crippen molar-refractivity contribution in [1.82, 2.24) is 15.0 Å². The number of hydrogen-bond acceptors (Lipinski definition) is 5. The fourth-order valence-corrected chi connectivity index (χ4v) is 2.47. The fraction of sp³-hybridized carbons (Fsp3) is 0.0769. The van der Waals surface area contributed by atoms with Crippen molar-refractivity contribution in [3.8, 4) is 0 Å². The molecule has 3 aromatic rings. The number of carbonyl (C=O) groups excluding carboxylic acids is 1. The lowest BCUT2D eigenvalue weighted by atomic mass is 10.3. The molecule has 0 saturated heterocycles. The van der Waals surface area contributed by atoms with Gasteiger partial charge in [0.1, 0.15) is 5.69 Å². The number of carbonyl (C=O) groups is 1. The molecule has 0 spiro atoms. The predicted octanol–water partition coefficient (Wildman–Crippen LogP) is 3.30. The Morgan fingerprint density at radius 1 is 1.20 bits per heavy atom. The summed E-state index contributed by atoms with van der Waals surface area (Å²) in [5, 5.41) is 5.30. The second-order valence-corrected chi connectivity index (χ2v) is 5.48. The number of nitrogens with one attached hydrogen (secondary N) is 1. The Kier molecular flexibility index (Phi) is 3.33. The maximum Gasteiger partial charge on any atom is 0.276 e. The highest BCUT2D eigenvalue weighted by atomic mass is 35.5. The van der Waals surface area contributed by atoms with Gasteiger partial charge in [0.25, 0.3) is 5.91 Å². The van der Waals surface area contributed by atoms with Crippen molar-refractivity contribution < 1.29 is 4.79 Å². The van der Waals surface area contributed by atoms with E-state index in [2.05, 4.69) is 20.3 Å². The monoisotopic (exact) mass is 304 g/mol. The van der Waals surface area contributed by atoms with Gasteiger partial charge in [-0.3, -0.25) is 4.79 Å². The van der Waals surface area contributed by atoms with Crippen molar-refractivity contribution in [1.29, 1.82) is 0 Å². The van der Waals surface area contributed by atoms with Gasteiger partial charge < -0.3 is 5.32 Å². The van der Waals surface area contributed by atoms with E-state index < -0.39 is 0 Å². The summed E-state index contributed by atoms with van der Waals surface area (Å²) < 4.78 is 0. The van der Waals surface area contributed by atoms with Crippen molar-refractivity contribution in [3.05, 3.63) is 45.5 Å². The molecule has 5 nitrogen and oxygen atoms in total.